The van der Waals surface area contributed by atoms with Crippen LogP contribution in [0.25, 0.3) is 6.08 Å². The number of fused-ring (bicyclic) bond motifs is 1. The predicted octanol–water partition coefficient (Wildman–Crippen LogP) is 5.49. The van der Waals surface area contributed by atoms with Crippen LogP contribution in [0.5, 0.6) is 0 Å². The maximum Gasteiger partial charge on any atom is 0.511 e. The van der Waals surface area contributed by atoms with Gasteiger partial charge in [-0.1, -0.05) is 66.7 Å². The molecule has 0 N–H and O–H groups in total. The standard InChI is InChI=1S/C25H22N2O4S2/c1-25(13-12-19-26-14-15-32-19)23(27-20(28)16-21(27)33-25)31-24(29)30-22(17-8-4-2-5-9-17)18-10-6-3-7-11-18/h2-15,21-23H,16H2,1H3/b13-12-/t21-,23+,25+/m1/s1. The van der Waals surface area contributed by atoms with Gasteiger partial charge in [-0.25, -0.2) is 9.78 Å². The van der Waals surface area contributed by atoms with Crippen LogP contribution in [-0.4, -0.2) is 38.3 Å². The third-order valence-electron chi connectivity index (χ3n) is 5.72. The molecule has 3 atom stereocenters. The number of amides is 1. The number of benzene rings is 2. The maximum atomic E-state index is 13.0. The topological polar surface area (TPSA) is 68.7 Å². The first kappa shape index (κ1) is 21.7. The van der Waals surface area contributed by atoms with Crippen molar-refractivity contribution in [3.05, 3.63) is 94.5 Å². The fraction of sp³-hybridized carbons (Fsp3) is 0.240. The molecule has 0 spiro atoms. The molecule has 1 aromatic heterocycles. The summed E-state index contributed by atoms with van der Waals surface area (Å²) < 4.78 is 11.0. The lowest BCUT2D eigenvalue weighted by atomic mass is 10.0. The summed E-state index contributed by atoms with van der Waals surface area (Å²) in [6.45, 7) is 1.97. The summed E-state index contributed by atoms with van der Waals surface area (Å²) in [5, 5.41) is 2.74. The van der Waals surface area contributed by atoms with E-state index in [-0.39, 0.29) is 11.3 Å². The van der Waals surface area contributed by atoms with Crippen molar-refractivity contribution >= 4 is 41.2 Å². The number of thiazole rings is 1. The first-order valence-corrected chi connectivity index (χ1v) is 12.3. The number of ether oxygens (including phenoxy) is 2. The Balaban J connectivity index is 1.38. The number of thioether (sulfide) groups is 1. The molecule has 2 aliphatic rings. The Labute approximate surface area is 200 Å². The van der Waals surface area contributed by atoms with Crippen molar-refractivity contribution in [3.63, 3.8) is 0 Å². The van der Waals surface area contributed by atoms with Crippen LogP contribution < -0.4 is 0 Å². The Bertz CT molecular complexity index is 1110. The van der Waals surface area contributed by atoms with Crippen LogP contribution in [0, 0.1) is 0 Å². The molecule has 2 aromatic carbocycles. The second-order valence-electron chi connectivity index (χ2n) is 8.00. The minimum Gasteiger partial charge on any atom is -0.421 e. The van der Waals surface area contributed by atoms with Crippen molar-refractivity contribution < 1.29 is 19.1 Å². The second kappa shape index (κ2) is 9.03. The summed E-state index contributed by atoms with van der Waals surface area (Å²) in [5.41, 5.74) is 1.68. The molecule has 2 saturated heterocycles. The van der Waals surface area contributed by atoms with Gasteiger partial charge in [0.15, 0.2) is 12.3 Å². The Morgan fingerprint density at radius 1 is 1.15 bits per heavy atom. The third-order valence-corrected chi connectivity index (χ3v) is 7.97. The lowest BCUT2D eigenvalue weighted by molar-refractivity contribution is -0.157. The van der Waals surface area contributed by atoms with Crippen molar-refractivity contribution in [2.45, 2.75) is 35.8 Å². The zero-order chi connectivity index (χ0) is 22.8. The average Bonchev–Trinajstić information content (AvgIpc) is 3.42. The monoisotopic (exact) mass is 478 g/mol. The normalized spacial score (nSPS) is 24.1. The highest BCUT2D eigenvalue weighted by molar-refractivity contribution is 8.01. The van der Waals surface area contributed by atoms with Gasteiger partial charge in [0.05, 0.1) is 16.5 Å². The second-order valence-corrected chi connectivity index (χ2v) is 10.6. The molecule has 2 aliphatic heterocycles. The molecule has 0 radical (unpaired) electrons. The summed E-state index contributed by atoms with van der Waals surface area (Å²) in [7, 11) is 0. The molecule has 3 heterocycles. The van der Waals surface area contributed by atoms with Crippen molar-refractivity contribution in [2.75, 3.05) is 0 Å². The maximum absolute atomic E-state index is 13.0. The van der Waals surface area contributed by atoms with Gasteiger partial charge in [-0.3, -0.25) is 9.69 Å². The fourth-order valence-electron chi connectivity index (χ4n) is 4.06. The lowest BCUT2D eigenvalue weighted by Gasteiger charge is -2.37. The van der Waals surface area contributed by atoms with E-state index < -0.39 is 23.2 Å². The van der Waals surface area contributed by atoms with E-state index in [0.717, 1.165) is 16.1 Å². The Morgan fingerprint density at radius 3 is 2.39 bits per heavy atom. The molecule has 3 aromatic rings. The molecular weight excluding hydrogens is 456 g/mol. The van der Waals surface area contributed by atoms with E-state index in [1.807, 2.05) is 85.1 Å². The quantitative estimate of drug-likeness (QED) is 0.345. The fourth-order valence-corrected chi connectivity index (χ4v) is 6.17. The number of β-lactam (4-membered cyclic amide) rings is 1. The molecule has 0 aliphatic carbocycles. The van der Waals surface area contributed by atoms with Crippen molar-refractivity contribution in [1.29, 1.82) is 0 Å². The third kappa shape index (κ3) is 4.41. The van der Waals surface area contributed by atoms with Crippen LogP contribution in [0.4, 0.5) is 4.79 Å². The summed E-state index contributed by atoms with van der Waals surface area (Å²) >= 11 is 3.13. The summed E-state index contributed by atoms with van der Waals surface area (Å²) in [6.07, 6.45) is 3.87. The van der Waals surface area contributed by atoms with Gasteiger partial charge in [0.1, 0.15) is 5.01 Å². The lowest BCUT2D eigenvalue weighted by Crippen LogP contribution is -2.55. The van der Waals surface area contributed by atoms with E-state index in [1.165, 1.54) is 11.3 Å². The molecule has 0 unspecified atom stereocenters. The van der Waals surface area contributed by atoms with Crippen LogP contribution in [0.15, 0.2) is 78.3 Å². The number of carbonyl (C=O) groups excluding carboxylic acids is 2. The molecule has 0 saturated carbocycles. The van der Waals surface area contributed by atoms with Crippen LogP contribution in [0.2, 0.25) is 0 Å². The van der Waals surface area contributed by atoms with Crippen molar-refractivity contribution in [1.82, 2.24) is 9.88 Å². The van der Waals surface area contributed by atoms with Gasteiger partial charge in [0, 0.05) is 11.6 Å². The van der Waals surface area contributed by atoms with E-state index in [1.54, 1.807) is 22.9 Å². The van der Waals surface area contributed by atoms with Crippen molar-refractivity contribution in [3.8, 4) is 0 Å². The smallest absolute Gasteiger partial charge is 0.421 e. The van der Waals surface area contributed by atoms with Gasteiger partial charge in [0.2, 0.25) is 5.91 Å². The minimum atomic E-state index is -0.812. The van der Waals surface area contributed by atoms with E-state index in [4.69, 9.17) is 9.47 Å². The highest BCUT2D eigenvalue weighted by atomic mass is 32.2. The largest absolute Gasteiger partial charge is 0.511 e. The van der Waals surface area contributed by atoms with Crippen LogP contribution in [-0.2, 0) is 14.3 Å². The summed E-state index contributed by atoms with van der Waals surface area (Å²) in [4.78, 5) is 31.3. The number of hydrogen-bond acceptors (Lipinski definition) is 7. The molecular formula is C25H22N2O4S2. The zero-order valence-electron chi connectivity index (χ0n) is 17.9. The van der Waals surface area contributed by atoms with Gasteiger partial charge in [-0.2, -0.15) is 0 Å². The molecule has 1 amide bonds. The number of aromatic nitrogens is 1. The number of carbonyl (C=O) groups is 2. The minimum absolute atomic E-state index is 0.0136. The highest BCUT2D eigenvalue weighted by Gasteiger charge is 2.59. The van der Waals surface area contributed by atoms with E-state index >= 15 is 0 Å². The Morgan fingerprint density at radius 2 is 1.82 bits per heavy atom. The molecule has 0 bridgehead atoms. The first-order chi connectivity index (χ1) is 16.0. The zero-order valence-corrected chi connectivity index (χ0v) is 19.5. The first-order valence-electron chi connectivity index (χ1n) is 10.6. The molecule has 8 heteroatoms. The van der Waals surface area contributed by atoms with Crippen LogP contribution in [0.1, 0.15) is 35.6 Å². The van der Waals surface area contributed by atoms with Gasteiger partial charge in [-0.05, 0) is 24.1 Å². The SMILES string of the molecule is C[C@@]1(/C=C\c2nccs2)S[C@@H]2CC(=O)N2[C@H]1OC(=O)OC(c1ccccc1)c1ccccc1. The molecule has 6 nitrogen and oxygen atoms in total. The summed E-state index contributed by atoms with van der Waals surface area (Å²) in [5.74, 6) is -0.0284. The van der Waals surface area contributed by atoms with Gasteiger partial charge in [0.25, 0.3) is 0 Å². The van der Waals surface area contributed by atoms with Crippen molar-refractivity contribution in [2.24, 2.45) is 0 Å². The van der Waals surface area contributed by atoms with Gasteiger partial charge < -0.3 is 9.47 Å². The Hall–Kier alpha value is -3.10. The highest BCUT2D eigenvalue weighted by Crippen LogP contribution is 2.52. The van der Waals surface area contributed by atoms with Gasteiger partial charge in [-0.15, -0.1) is 23.1 Å². The average molecular weight is 479 g/mol. The van der Waals surface area contributed by atoms with E-state index in [9.17, 15) is 9.59 Å². The molecule has 5 rings (SSSR count). The molecule has 2 fully saturated rings. The Kier molecular flexibility index (Phi) is 5.95. The van der Waals surface area contributed by atoms with Crippen LogP contribution >= 0.6 is 23.1 Å². The van der Waals surface area contributed by atoms with Gasteiger partial charge >= 0.3 is 6.16 Å². The van der Waals surface area contributed by atoms with E-state index in [2.05, 4.69) is 4.98 Å². The van der Waals surface area contributed by atoms with E-state index in [0.29, 0.717) is 6.42 Å². The summed E-state index contributed by atoms with van der Waals surface area (Å²) in [6, 6.07) is 19.1. The predicted molar refractivity (Wildman–Crippen MR) is 128 cm³/mol. The molecule has 168 valence electrons. The number of nitrogens with zero attached hydrogens (tertiary/aromatic N) is 2. The number of hydrogen-bond donors (Lipinski definition) is 0. The van der Waals surface area contributed by atoms with Crippen LogP contribution in [0.3, 0.4) is 0 Å². The number of rotatable bonds is 6. The molecule has 33 heavy (non-hydrogen) atoms.